The number of phenols is 1. The smallest absolute Gasteiger partial charge is 0.331 e. The highest BCUT2D eigenvalue weighted by Gasteiger charge is 2.77. The Bertz CT molecular complexity index is 1370. The first-order valence-electron chi connectivity index (χ1n) is 15.2. The molecule has 16 atom stereocenters. The molecule has 1 saturated carbocycles. The first-order valence-corrected chi connectivity index (χ1v) is 15.2. The Morgan fingerprint density at radius 3 is 2.12 bits per heavy atom. The Morgan fingerprint density at radius 1 is 0.854 bits per heavy atom. The van der Waals surface area contributed by atoms with Gasteiger partial charge in [0.15, 0.2) is 17.8 Å². The molecule has 0 spiro atoms. The van der Waals surface area contributed by atoms with E-state index in [4.69, 9.17) is 33.2 Å². The van der Waals surface area contributed by atoms with Gasteiger partial charge in [0.1, 0.15) is 66.6 Å². The molecule has 5 aliphatic rings. The summed E-state index contributed by atoms with van der Waals surface area (Å²) in [6, 6.07) is 3.99. The van der Waals surface area contributed by atoms with Gasteiger partial charge in [-0.1, -0.05) is 6.07 Å². The van der Waals surface area contributed by atoms with Crippen LogP contribution >= 0.6 is 0 Å². The van der Waals surface area contributed by atoms with Gasteiger partial charge in [-0.2, -0.15) is 0 Å². The van der Waals surface area contributed by atoms with Gasteiger partial charge in [-0.25, -0.2) is 4.79 Å². The predicted octanol–water partition coefficient (Wildman–Crippen LogP) is -4.44. The summed E-state index contributed by atoms with van der Waals surface area (Å²) in [7, 11) is 0. The molecule has 16 unspecified atom stereocenters. The lowest BCUT2D eigenvalue weighted by atomic mass is 9.85. The summed E-state index contributed by atoms with van der Waals surface area (Å²) in [5, 5.41) is 100. The molecule has 48 heavy (non-hydrogen) atoms. The van der Waals surface area contributed by atoms with Crippen molar-refractivity contribution >= 4 is 12.0 Å². The van der Waals surface area contributed by atoms with Crippen molar-refractivity contribution in [3.05, 3.63) is 42.2 Å². The van der Waals surface area contributed by atoms with Crippen molar-refractivity contribution in [2.24, 2.45) is 11.8 Å². The molecule has 4 heterocycles. The molecule has 10 N–H and O–H groups in total. The molecule has 18 heteroatoms. The molecule has 1 aromatic rings. The quantitative estimate of drug-likeness (QED) is 0.0631. The van der Waals surface area contributed by atoms with E-state index >= 15 is 0 Å². The topological polar surface area (TPSA) is 287 Å². The maximum absolute atomic E-state index is 12.9. The number of aromatic hydroxyl groups is 1. The Labute approximate surface area is 272 Å². The number of rotatable bonds is 10. The Balaban J connectivity index is 1.09. The summed E-state index contributed by atoms with van der Waals surface area (Å²) in [5.41, 5.74) is -0.896. The molecule has 0 bridgehead atoms. The number of aliphatic hydroxyl groups excluding tert-OH is 9. The van der Waals surface area contributed by atoms with Gasteiger partial charge in [0, 0.05) is 12.0 Å². The van der Waals surface area contributed by atoms with Crippen molar-refractivity contribution in [2.45, 2.75) is 85.5 Å². The van der Waals surface area contributed by atoms with E-state index in [-0.39, 0.29) is 5.75 Å². The molecule has 266 valence electrons. The third-order valence-corrected chi connectivity index (χ3v) is 9.34. The van der Waals surface area contributed by atoms with Crippen molar-refractivity contribution in [1.29, 1.82) is 0 Å². The number of hydrogen-bond acceptors (Lipinski definition) is 18. The molecule has 4 fully saturated rings. The molecular weight excluding hydrogens is 648 g/mol. The second kappa shape index (κ2) is 13.8. The zero-order chi connectivity index (χ0) is 34.5. The first kappa shape index (κ1) is 34.9. The highest BCUT2D eigenvalue weighted by Crippen LogP contribution is 2.60. The van der Waals surface area contributed by atoms with E-state index in [1.165, 1.54) is 30.5 Å². The summed E-state index contributed by atoms with van der Waals surface area (Å²) in [5.74, 6) is -2.72. The monoisotopic (exact) mass is 686 g/mol. The molecule has 1 aliphatic carbocycles. The van der Waals surface area contributed by atoms with E-state index in [0.717, 1.165) is 6.08 Å². The van der Waals surface area contributed by atoms with Crippen LogP contribution in [0.25, 0.3) is 6.08 Å². The second-order valence-corrected chi connectivity index (χ2v) is 12.2. The van der Waals surface area contributed by atoms with Gasteiger partial charge in [0.2, 0.25) is 12.6 Å². The van der Waals surface area contributed by atoms with Gasteiger partial charge >= 0.3 is 5.97 Å². The van der Waals surface area contributed by atoms with Crippen molar-refractivity contribution < 1.29 is 89.0 Å². The molecule has 0 aromatic heterocycles. The zero-order valence-corrected chi connectivity index (χ0v) is 25.1. The first-order chi connectivity index (χ1) is 22.9. The Kier molecular flexibility index (Phi) is 10.00. The lowest BCUT2D eigenvalue weighted by Crippen LogP contribution is -2.60. The molecule has 18 nitrogen and oxygen atoms in total. The van der Waals surface area contributed by atoms with Gasteiger partial charge in [0.05, 0.1) is 32.0 Å². The van der Waals surface area contributed by atoms with E-state index < -0.39 is 129 Å². The van der Waals surface area contributed by atoms with E-state index in [1.54, 1.807) is 6.08 Å². The van der Waals surface area contributed by atoms with Crippen LogP contribution in [-0.2, 0) is 33.2 Å². The summed E-state index contributed by atoms with van der Waals surface area (Å²) in [6.45, 7) is -1.82. The Hall–Kier alpha value is -2.95. The van der Waals surface area contributed by atoms with Crippen LogP contribution in [0.15, 0.2) is 36.6 Å². The van der Waals surface area contributed by atoms with Crippen molar-refractivity contribution in [3.8, 4) is 11.5 Å². The molecule has 4 aliphatic heterocycles. The highest BCUT2D eigenvalue weighted by molar-refractivity contribution is 5.87. The molecule has 3 saturated heterocycles. The minimum atomic E-state index is -1.70. The molecular formula is C30H38O18. The summed E-state index contributed by atoms with van der Waals surface area (Å²) < 4.78 is 39.1. The fraction of sp³-hybridized carbons (Fsp3) is 0.633. The number of epoxide rings is 1. The maximum Gasteiger partial charge on any atom is 0.331 e. The van der Waals surface area contributed by atoms with Crippen molar-refractivity contribution in [1.82, 2.24) is 0 Å². The van der Waals surface area contributed by atoms with Crippen LogP contribution in [0.1, 0.15) is 5.56 Å². The third kappa shape index (κ3) is 6.17. The van der Waals surface area contributed by atoms with Gasteiger partial charge in [-0.15, -0.1) is 0 Å². The number of hydrogen-bond donors (Lipinski definition) is 10. The van der Waals surface area contributed by atoms with Gasteiger partial charge in [-0.05, 0) is 29.8 Å². The minimum Gasteiger partial charge on any atom is -0.504 e. The van der Waals surface area contributed by atoms with Crippen LogP contribution < -0.4 is 4.74 Å². The zero-order valence-electron chi connectivity index (χ0n) is 25.1. The number of carbonyl (C=O) groups excluding carboxylic acids is 1. The number of phenolic OH excluding ortho intramolecular Hbond substituents is 1. The highest BCUT2D eigenvalue weighted by atomic mass is 16.8. The summed E-state index contributed by atoms with van der Waals surface area (Å²) in [4.78, 5) is 12.9. The average Bonchev–Trinajstić information content (AvgIpc) is 3.76. The van der Waals surface area contributed by atoms with E-state index in [1.807, 2.05) is 0 Å². The van der Waals surface area contributed by atoms with Gasteiger partial charge in [0.25, 0.3) is 0 Å². The van der Waals surface area contributed by atoms with Gasteiger partial charge in [-0.3, -0.25) is 0 Å². The average molecular weight is 687 g/mol. The maximum atomic E-state index is 12.9. The van der Waals surface area contributed by atoms with Crippen LogP contribution in [0, 0.1) is 11.8 Å². The fourth-order valence-corrected chi connectivity index (χ4v) is 6.65. The molecule has 1 aromatic carbocycles. The minimum absolute atomic E-state index is 0.158. The standard InChI is InChI=1S/C30H38O18/c31-8-15-19(36)21(38)23(40)28(44-15)43-14-3-1-11(7-13(14)34)2-4-17(35)46-25-12-5-6-42-27(18(12)30(10-33)26(25)48-30)47-29-24(41)22(39)20(37)16(9-32)45-29/h1-7,12,15-16,18-29,31-34,36-41H,8-10H2. The van der Waals surface area contributed by atoms with Crippen LogP contribution in [-0.4, -0.2) is 162 Å². The van der Waals surface area contributed by atoms with Crippen LogP contribution in [0.5, 0.6) is 11.5 Å². The molecule has 0 radical (unpaired) electrons. The van der Waals surface area contributed by atoms with Crippen LogP contribution in [0.4, 0.5) is 0 Å². The number of ether oxygens (including phenoxy) is 7. The van der Waals surface area contributed by atoms with Crippen molar-refractivity contribution in [3.63, 3.8) is 0 Å². The number of esters is 1. The number of carbonyl (C=O) groups is 1. The summed E-state index contributed by atoms with van der Waals surface area (Å²) >= 11 is 0. The molecule has 0 amide bonds. The van der Waals surface area contributed by atoms with Crippen LogP contribution in [0.2, 0.25) is 0 Å². The second-order valence-electron chi connectivity index (χ2n) is 12.2. The number of fused-ring (bicyclic) bond motifs is 3. The van der Waals surface area contributed by atoms with E-state index in [0.29, 0.717) is 5.56 Å². The Morgan fingerprint density at radius 2 is 1.50 bits per heavy atom. The lowest BCUT2D eigenvalue weighted by molar-refractivity contribution is -0.344. The van der Waals surface area contributed by atoms with E-state index in [2.05, 4.69) is 0 Å². The molecule has 6 rings (SSSR count). The lowest BCUT2D eigenvalue weighted by Gasteiger charge is -2.43. The fourth-order valence-electron chi connectivity index (χ4n) is 6.65. The number of benzene rings is 1. The van der Waals surface area contributed by atoms with Crippen molar-refractivity contribution in [2.75, 3.05) is 19.8 Å². The van der Waals surface area contributed by atoms with Crippen LogP contribution in [0.3, 0.4) is 0 Å². The SMILES string of the molecule is O=C(C=Cc1ccc(OC2OC(CO)C(O)C(O)C2O)c(O)c1)OC1C2C=COC(OC3OC(CO)C(O)C(O)C3O)C2C2(CO)OC12. The number of aliphatic hydroxyl groups is 9. The van der Waals surface area contributed by atoms with E-state index in [9.17, 15) is 55.9 Å². The normalized spacial score (nSPS) is 44.9. The largest absolute Gasteiger partial charge is 0.504 e. The summed E-state index contributed by atoms with van der Waals surface area (Å²) in [6.07, 6.45) is -12.9. The third-order valence-electron chi connectivity index (χ3n) is 9.34. The predicted molar refractivity (Wildman–Crippen MR) is 152 cm³/mol. The van der Waals surface area contributed by atoms with Gasteiger partial charge < -0.3 is 84.2 Å².